The second-order valence-electron chi connectivity index (χ2n) is 4.92. The molecule has 0 aliphatic rings. The highest BCUT2D eigenvalue weighted by Gasteiger charge is 2.18. The van der Waals surface area contributed by atoms with E-state index in [9.17, 15) is 0 Å². The Kier molecular flexibility index (Phi) is 4.56. The summed E-state index contributed by atoms with van der Waals surface area (Å²) in [7, 11) is 0. The van der Waals surface area contributed by atoms with Crippen molar-refractivity contribution in [1.29, 1.82) is 0 Å². The third kappa shape index (κ3) is 4.17. The molecule has 110 valence electrons. The fourth-order valence-corrected chi connectivity index (χ4v) is 2.26. The summed E-state index contributed by atoms with van der Waals surface area (Å²) in [5.41, 5.74) is 10.9. The lowest BCUT2D eigenvalue weighted by atomic mass is 10.0. The van der Waals surface area contributed by atoms with Crippen LogP contribution in [-0.4, -0.2) is 22.4 Å². The summed E-state index contributed by atoms with van der Waals surface area (Å²) in [4.78, 5) is 3.84. The Morgan fingerprint density at radius 1 is 1.40 bits per heavy atom. The summed E-state index contributed by atoms with van der Waals surface area (Å²) in [5, 5.41) is 6.47. The standard InChI is InChI=1S/C12H19N5O2S/c1-12(2,14)9-4-3-8(18-9)7-20-6-5-15-11-16-10(13)17-19-11/h3-4H,5-7,14H2,1-2H3,(H3,13,15,16,17). The molecule has 0 spiro atoms. The fraction of sp³-hybridized carbons (Fsp3) is 0.500. The zero-order valence-corrected chi connectivity index (χ0v) is 12.4. The van der Waals surface area contributed by atoms with Crippen molar-refractivity contribution in [3.8, 4) is 0 Å². The molecule has 0 saturated heterocycles. The molecule has 0 amide bonds. The minimum absolute atomic E-state index is 0.132. The van der Waals surface area contributed by atoms with Gasteiger partial charge in [0.1, 0.15) is 11.5 Å². The van der Waals surface area contributed by atoms with Crippen LogP contribution in [0.4, 0.5) is 12.0 Å². The summed E-state index contributed by atoms with van der Waals surface area (Å²) in [6.45, 7) is 4.55. The largest absolute Gasteiger partial charge is 0.463 e. The average Bonchev–Trinajstić information content (AvgIpc) is 2.97. The smallest absolute Gasteiger partial charge is 0.323 e. The molecule has 20 heavy (non-hydrogen) atoms. The van der Waals surface area contributed by atoms with Gasteiger partial charge in [-0.2, -0.15) is 16.7 Å². The first-order valence-electron chi connectivity index (χ1n) is 6.24. The zero-order valence-electron chi connectivity index (χ0n) is 11.5. The number of aromatic nitrogens is 2. The van der Waals surface area contributed by atoms with Crippen LogP contribution in [0.15, 0.2) is 21.1 Å². The van der Waals surface area contributed by atoms with Crippen LogP contribution in [0, 0.1) is 0 Å². The molecule has 0 atom stereocenters. The Morgan fingerprint density at radius 3 is 2.80 bits per heavy atom. The fourth-order valence-electron chi connectivity index (χ4n) is 1.51. The van der Waals surface area contributed by atoms with Gasteiger partial charge in [0.15, 0.2) is 0 Å². The third-order valence-electron chi connectivity index (χ3n) is 2.51. The molecule has 2 aromatic rings. The van der Waals surface area contributed by atoms with Gasteiger partial charge >= 0.3 is 6.01 Å². The molecular weight excluding hydrogens is 278 g/mol. The van der Waals surface area contributed by atoms with Crippen molar-refractivity contribution in [1.82, 2.24) is 10.1 Å². The summed E-state index contributed by atoms with van der Waals surface area (Å²) >= 11 is 1.74. The van der Waals surface area contributed by atoms with Crippen LogP contribution in [0.2, 0.25) is 0 Å². The quantitative estimate of drug-likeness (QED) is 0.662. The molecule has 2 heterocycles. The number of hydrogen-bond acceptors (Lipinski definition) is 8. The van der Waals surface area contributed by atoms with Gasteiger partial charge in [0, 0.05) is 12.3 Å². The molecule has 0 fully saturated rings. The van der Waals surface area contributed by atoms with E-state index in [0.29, 0.717) is 12.6 Å². The normalized spacial score (nSPS) is 11.8. The number of anilines is 2. The van der Waals surface area contributed by atoms with Gasteiger partial charge in [0.2, 0.25) is 0 Å². The first kappa shape index (κ1) is 14.7. The average molecular weight is 297 g/mol. The Balaban J connectivity index is 1.67. The molecule has 2 aromatic heterocycles. The molecule has 7 nitrogen and oxygen atoms in total. The molecular formula is C12H19N5O2S. The van der Waals surface area contributed by atoms with Crippen molar-refractivity contribution < 1.29 is 8.94 Å². The van der Waals surface area contributed by atoms with Crippen molar-refractivity contribution in [2.45, 2.75) is 25.1 Å². The Labute approximate surface area is 121 Å². The zero-order chi connectivity index (χ0) is 14.6. The predicted octanol–water partition coefficient (Wildman–Crippen LogP) is 1.78. The summed E-state index contributed by atoms with van der Waals surface area (Å²) < 4.78 is 10.5. The van der Waals surface area contributed by atoms with E-state index in [1.165, 1.54) is 0 Å². The third-order valence-corrected chi connectivity index (χ3v) is 3.49. The summed E-state index contributed by atoms with van der Waals surface area (Å²) in [5.74, 6) is 3.53. The number of nitrogens with two attached hydrogens (primary N) is 2. The highest BCUT2D eigenvalue weighted by atomic mass is 32.2. The summed E-state index contributed by atoms with van der Waals surface area (Å²) in [6, 6.07) is 4.23. The molecule has 0 bridgehead atoms. The van der Waals surface area contributed by atoms with E-state index < -0.39 is 5.54 Å². The van der Waals surface area contributed by atoms with Crippen molar-refractivity contribution in [3.63, 3.8) is 0 Å². The van der Waals surface area contributed by atoms with Gasteiger partial charge < -0.3 is 25.7 Å². The van der Waals surface area contributed by atoms with Gasteiger partial charge in [-0.05, 0) is 31.1 Å². The lowest BCUT2D eigenvalue weighted by molar-refractivity contribution is 0.381. The highest BCUT2D eigenvalue weighted by molar-refractivity contribution is 7.98. The molecule has 0 aliphatic heterocycles. The van der Waals surface area contributed by atoms with Crippen LogP contribution < -0.4 is 16.8 Å². The monoisotopic (exact) mass is 297 g/mol. The number of hydrogen-bond donors (Lipinski definition) is 3. The number of thioether (sulfide) groups is 1. The van der Waals surface area contributed by atoms with Gasteiger partial charge in [0.05, 0.1) is 11.3 Å². The maximum Gasteiger partial charge on any atom is 0.323 e. The van der Waals surface area contributed by atoms with Crippen LogP contribution in [0.1, 0.15) is 25.4 Å². The van der Waals surface area contributed by atoms with E-state index in [-0.39, 0.29) is 5.95 Å². The second kappa shape index (κ2) is 6.19. The number of nitrogens with one attached hydrogen (secondary N) is 1. The molecule has 0 unspecified atom stereocenters. The number of nitrogen functional groups attached to an aromatic ring is 1. The van der Waals surface area contributed by atoms with E-state index >= 15 is 0 Å². The van der Waals surface area contributed by atoms with Crippen LogP contribution in [-0.2, 0) is 11.3 Å². The second-order valence-corrected chi connectivity index (χ2v) is 6.03. The van der Waals surface area contributed by atoms with E-state index in [0.717, 1.165) is 23.0 Å². The van der Waals surface area contributed by atoms with E-state index in [2.05, 4.69) is 15.5 Å². The van der Waals surface area contributed by atoms with Gasteiger partial charge in [-0.1, -0.05) is 0 Å². The van der Waals surface area contributed by atoms with Gasteiger partial charge in [-0.15, -0.1) is 0 Å². The minimum atomic E-state index is -0.442. The highest BCUT2D eigenvalue weighted by Crippen LogP contribution is 2.22. The lowest BCUT2D eigenvalue weighted by Gasteiger charge is -2.14. The molecule has 0 radical (unpaired) electrons. The Hall–Kier alpha value is -1.67. The van der Waals surface area contributed by atoms with Gasteiger partial charge in [0.25, 0.3) is 5.95 Å². The van der Waals surface area contributed by atoms with E-state index in [1.54, 1.807) is 11.8 Å². The van der Waals surface area contributed by atoms with Crippen LogP contribution in [0.3, 0.4) is 0 Å². The van der Waals surface area contributed by atoms with Crippen LogP contribution in [0.5, 0.6) is 0 Å². The predicted molar refractivity (Wildman–Crippen MR) is 79.3 cm³/mol. The maximum absolute atomic E-state index is 5.97. The van der Waals surface area contributed by atoms with Gasteiger partial charge in [-0.3, -0.25) is 0 Å². The maximum atomic E-state index is 5.97. The first-order chi connectivity index (χ1) is 9.45. The molecule has 0 aromatic carbocycles. The lowest BCUT2D eigenvalue weighted by Crippen LogP contribution is -2.27. The Morgan fingerprint density at radius 2 is 2.20 bits per heavy atom. The molecule has 5 N–H and O–H groups in total. The number of rotatable bonds is 7. The Bertz CT molecular complexity index is 546. The van der Waals surface area contributed by atoms with Crippen molar-refractivity contribution in [2.24, 2.45) is 5.73 Å². The topological polar surface area (TPSA) is 116 Å². The van der Waals surface area contributed by atoms with Crippen LogP contribution in [0.25, 0.3) is 0 Å². The molecule has 0 aliphatic carbocycles. The number of nitrogens with zero attached hydrogens (tertiary/aromatic N) is 2. The summed E-state index contributed by atoms with van der Waals surface area (Å²) in [6.07, 6.45) is 0. The first-order valence-corrected chi connectivity index (χ1v) is 7.39. The van der Waals surface area contributed by atoms with E-state index in [4.69, 9.17) is 20.4 Å². The van der Waals surface area contributed by atoms with Crippen molar-refractivity contribution in [3.05, 3.63) is 23.7 Å². The van der Waals surface area contributed by atoms with Crippen LogP contribution >= 0.6 is 11.8 Å². The molecule has 0 saturated carbocycles. The SMILES string of the molecule is CC(C)(N)c1ccc(CSCCNc2nc(N)no2)o1. The van der Waals surface area contributed by atoms with Crippen molar-refractivity contribution in [2.75, 3.05) is 23.3 Å². The number of furan rings is 1. The van der Waals surface area contributed by atoms with E-state index in [1.807, 2.05) is 26.0 Å². The van der Waals surface area contributed by atoms with Gasteiger partial charge in [-0.25, -0.2) is 0 Å². The minimum Gasteiger partial charge on any atom is -0.463 e. The molecule has 8 heteroatoms. The molecule has 2 rings (SSSR count). The van der Waals surface area contributed by atoms with Crippen molar-refractivity contribution >= 4 is 23.7 Å².